The molecule has 1 aromatic rings. The van der Waals surface area contributed by atoms with E-state index in [4.69, 9.17) is 16.2 Å². The molecule has 1 saturated heterocycles. The van der Waals surface area contributed by atoms with Crippen LogP contribution in [0.5, 0.6) is 0 Å². The van der Waals surface area contributed by atoms with Crippen molar-refractivity contribution in [1.29, 1.82) is 0 Å². The van der Waals surface area contributed by atoms with Crippen LogP contribution < -0.4 is 27.4 Å². The Bertz CT molecular complexity index is 661. The van der Waals surface area contributed by atoms with E-state index in [9.17, 15) is 14.4 Å². The number of piperazine rings is 1. The molecular formula is C18H28N6O4. The Morgan fingerprint density at radius 3 is 2.46 bits per heavy atom. The number of anilines is 1. The fraction of sp³-hybridized carbons (Fsp3) is 0.500. The van der Waals surface area contributed by atoms with Crippen molar-refractivity contribution in [1.82, 2.24) is 15.5 Å². The second kappa shape index (κ2) is 11.1. The smallest absolute Gasteiger partial charge is 0.410 e. The minimum Gasteiger partial charge on any atom is -0.445 e. The summed E-state index contributed by atoms with van der Waals surface area (Å²) in [4.78, 5) is 36.7. The number of amides is 4. The van der Waals surface area contributed by atoms with Crippen molar-refractivity contribution in [2.45, 2.75) is 25.5 Å². The van der Waals surface area contributed by atoms with Gasteiger partial charge in [-0.1, -0.05) is 12.1 Å². The number of urea groups is 1. The second-order valence-corrected chi connectivity index (χ2v) is 6.47. The van der Waals surface area contributed by atoms with E-state index in [0.717, 1.165) is 18.7 Å². The minimum atomic E-state index is -0.897. The van der Waals surface area contributed by atoms with Crippen LogP contribution in [0.4, 0.5) is 15.3 Å². The van der Waals surface area contributed by atoms with E-state index in [1.54, 1.807) is 29.2 Å². The van der Waals surface area contributed by atoms with E-state index in [0.29, 0.717) is 38.2 Å². The van der Waals surface area contributed by atoms with Crippen molar-refractivity contribution >= 4 is 23.7 Å². The summed E-state index contributed by atoms with van der Waals surface area (Å²) in [6, 6.07) is 5.64. The summed E-state index contributed by atoms with van der Waals surface area (Å²) >= 11 is 0. The number of carbonyl (C=O) groups excluding carboxylic acids is 3. The molecule has 0 unspecified atom stereocenters. The molecule has 154 valence electrons. The maximum atomic E-state index is 12.1. The maximum Gasteiger partial charge on any atom is 0.410 e. The van der Waals surface area contributed by atoms with Crippen LogP contribution in [-0.4, -0.2) is 61.7 Å². The molecule has 4 amide bonds. The normalized spacial score (nSPS) is 14.8. The summed E-state index contributed by atoms with van der Waals surface area (Å²) in [5.41, 5.74) is 12.0. The molecule has 0 radical (unpaired) electrons. The first-order valence-corrected chi connectivity index (χ1v) is 9.28. The van der Waals surface area contributed by atoms with Crippen molar-refractivity contribution in [3.63, 3.8) is 0 Å². The maximum absolute atomic E-state index is 12.1. The van der Waals surface area contributed by atoms with E-state index in [1.165, 1.54) is 0 Å². The zero-order chi connectivity index (χ0) is 20.4. The quantitative estimate of drug-likeness (QED) is 0.416. The first-order valence-electron chi connectivity index (χ1n) is 9.28. The summed E-state index contributed by atoms with van der Waals surface area (Å²) in [7, 11) is 0. The molecule has 1 aromatic carbocycles. The van der Waals surface area contributed by atoms with Crippen LogP contribution in [0.25, 0.3) is 0 Å². The number of ether oxygens (including phenoxy) is 1. The fourth-order valence-corrected chi connectivity index (χ4v) is 2.78. The highest BCUT2D eigenvalue weighted by molar-refractivity contribution is 5.97. The average Bonchev–Trinajstić information content (AvgIpc) is 2.70. The van der Waals surface area contributed by atoms with Gasteiger partial charge in [0.05, 0.1) is 0 Å². The molecule has 28 heavy (non-hydrogen) atoms. The predicted octanol–water partition coefficient (Wildman–Crippen LogP) is -0.0573. The van der Waals surface area contributed by atoms with Gasteiger partial charge in [0.1, 0.15) is 12.6 Å². The van der Waals surface area contributed by atoms with E-state index in [-0.39, 0.29) is 12.7 Å². The highest BCUT2D eigenvalue weighted by atomic mass is 16.6. The van der Waals surface area contributed by atoms with Crippen LogP contribution >= 0.6 is 0 Å². The van der Waals surface area contributed by atoms with Gasteiger partial charge in [-0.05, 0) is 37.1 Å². The Morgan fingerprint density at radius 2 is 1.86 bits per heavy atom. The standard InChI is InChI=1S/C18H28N6O4/c19-7-1-2-15(16(25)23-17(20)26)22-14-5-3-13(4-6-14)12-28-18(27)24-10-8-21-9-11-24/h3-6,15,21-22H,1-2,7-12,19H2,(H3,20,23,25,26)/t15-/m0/s1. The third-order valence-electron chi connectivity index (χ3n) is 4.29. The van der Waals surface area contributed by atoms with Gasteiger partial charge in [0, 0.05) is 31.9 Å². The van der Waals surface area contributed by atoms with Crippen molar-refractivity contribution in [2.75, 3.05) is 38.0 Å². The molecule has 1 atom stereocenters. The average molecular weight is 392 g/mol. The number of carbonyl (C=O) groups is 3. The Balaban J connectivity index is 1.87. The van der Waals surface area contributed by atoms with Gasteiger partial charge in [-0.3, -0.25) is 10.1 Å². The van der Waals surface area contributed by atoms with Crippen LogP contribution in [0.15, 0.2) is 24.3 Å². The molecule has 0 aliphatic carbocycles. The number of nitrogens with zero attached hydrogens (tertiary/aromatic N) is 1. The zero-order valence-electron chi connectivity index (χ0n) is 15.8. The molecule has 1 aliphatic heterocycles. The number of benzene rings is 1. The van der Waals surface area contributed by atoms with Crippen LogP contribution in [0.1, 0.15) is 18.4 Å². The molecule has 10 nitrogen and oxygen atoms in total. The van der Waals surface area contributed by atoms with Crippen LogP contribution in [0.3, 0.4) is 0 Å². The lowest BCUT2D eigenvalue weighted by atomic mass is 10.1. The van der Waals surface area contributed by atoms with Crippen molar-refractivity contribution in [2.24, 2.45) is 11.5 Å². The largest absolute Gasteiger partial charge is 0.445 e. The van der Waals surface area contributed by atoms with Gasteiger partial charge in [0.25, 0.3) is 0 Å². The summed E-state index contributed by atoms with van der Waals surface area (Å²) in [5, 5.41) is 8.32. The molecule has 7 N–H and O–H groups in total. The van der Waals surface area contributed by atoms with Gasteiger partial charge in [-0.25, -0.2) is 9.59 Å². The second-order valence-electron chi connectivity index (χ2n) is 6.47. The van der Waals surface area contributed by atoms with Crippen molar-refractivity contribution in [3.05, 3.63) is 29.8 Å². The van der Waals surface area contributed by atoms with E-state index in [2.05, 4.69) is 16.0 Å². The molecule has 10 heteroatoms. The fourth-order valence-electron chi connectivity index (χ4n) is 2.78. The Hall–Kier alpha value is -2.85. The SMILES string of the molecule is NCCC[C@H](Nc1ccc(COC(=O)N2CCNCC2)cc1)C(=O)NC(N)=O. The third kappa shape index (κ3) is 7.05. The molecular weight excluding hydrogens is 364 g/mol. The first-order chi connectivity index (χ1) is 13.5. The lowest BCUT2D eigenvalue weighted by Crippen LogP contribution is -2.46. The van der Waals surface area contributed by atoms with Gasteiger partial charge in [0.2, 0.25) is 5.91 Å². The van der Waals surface area contributed by atoms with E-state index < -0.39 is 18.0 Å². The Kier molecular flexibility index (Phi) is 8.50. The topological polar surface area (TPSA) is 152 Å². The highest BCUT2D eigenvalue weighted by Gasteiger charge is 2.19. The van der Waals surface area contributed by atoms with Crippen LogP contribution in [-0.2, 0) is 16.1 Å². The molecule has 1 heterocycles. The molecule has 2 rings (SSSR count). The first kappa shape index (κ1) is 21.5. The van der Waals surface area contributed by atoms with Crippen molar-refractivity contribution in [3.8, 4) is 0 Å². The number of imide groups is 1. The van der Waals surface area contributed by atoms with Gasteiger partial charge < -0.3 is 31.7 Å². The minimum absolute atomic E-state index is 0.168. The zero-order valence-corrected chi connectivity index (χ0v) is 15.8. The lowest BCUT2D eigenvalue weighted by molar-refractivity contribution is -0.120. The number of hydrogen-bond donors (Lipinski definition) is 5. The van der Waals surface area contributed by atoms with Crippen molar-refractivity contribution < 1.29 is 19.1 Å². The van der Waals surface area contributed by atoms with E-state index >= 15 is 0 Å². The molecule has 0 bridgehead atoms. The van der Waals surface area contributed by atoms with Gasteiger partial charge in [-0.15, -0.1) is 0 Å². The highest BCUT2D eigenvalue weighted by Crippen LogP contribution is 2.14. The molecule has 0 spiro atoms. The number of primary amides is 1. The molecule has 1 fully saturated rings. The third-order valence-corrected chi connectivity index (χ3v) is 4.29. The molecule has 1 aliphatic rings. The Morgan fingerprint density at radius 1 is 1.18 bits per heavy atom. The summed E-state index contributed by atoms with van der Waals surface area (Å²) in [6.45, 7) is 3.41. The number of nitrogens with one attached hydrogen (secondary N) is 3. The summed E-state index contributed by atoms with van der Waals surface area (Å²) in [5.74, 6) is -0.505. The summed E-state index contributed by atoms with van der Waals surface area (Å²) < 4.78 is 5.33. The summed E-state index contributed by atoms with van der Waals surface area (Å²) in [6.07, 6.45) is 0.748. The van der Waals surface area contributed by atoms with Gasteiger partial charge >= 0.3 is 12.1 Å². The predicted molar refractivity (Wildman–Crippen MR) is 104 cm³/mol. The van der Waals surface area contributed by atoms with Gasteiger partial charge in [-0.2, -0.15) is 0 Å². The Labute approximate surface area is 163 Å². The van der Waals surface area contributed by atoms with Crippen LogP contribution in [0, 0.1) is 0 Å². The van der Waals surface area contributed by atoms with E-state index in [1.807, 2.05) is 0 Å². The van der Waals surface area contributed by atoms with Crippen LogP contribution in [0.2, 0.25) is 0 Å². The van der Waals surface area contributed by atoms with Gasteiger partial charge in [0.15, 0.2) is 0 Å². The lowest BCUT2D eigenvalue weighted by Gasteiger charge is -2.26. The monoisotopic (exact) mass is 392 g/mol. The number of nitrogens with two attached hydrogens (primary N) is 2. The molecule has 0 aromatic heterocycles. The molecule has 0 saturated carbocycles. The number of rotatable bonds is 8. The number of hydrogen-bond acceptors (Lipinski definition) is 7.